The van der Waals surface area contributed by atoms with Crippen molar-refractivity contribution < 1.29 is 23.9 Å². The van der Waals surface area contributed by atoms with E-state index in [1.54, 1.807) is 0 Å². The Kier molecular flexibility index (Phi) is 5.14. The van der Waals surface area contributed by atoms with Crippen molar-refractivity contribution in [3.63, 3.8) is 0 Å². The highest BCUT2D eigenvalue weighted by Gasteiger charge is 2.45. The first-order valence-electron chi connectivity index (χ1n) is 7.30. The highest BCUT2D eigenvalue weighted by molar-refractivity contribution is 5.96. The van der Waals surface area contributed by atoms with Crippen molar-refractivity contribution in [2.24, 2.45) is 0 Å². The van der Waals surface area contributed by atoms with E-state index in [-0.39, 0.29) is 19.4 Å². The van der Waals surface area contributed by atoms with Gasteiger partial charge in [0.15, 0.2) is 0 Å². The van der Waals surface area contributed by atoms with Gasteiger partial charge in [-0.2, -0.15) is 0 Å². The second-order valence-corrected chi connectivity index (χ2v) is 5.28. The van der Waals surface area contributed by atoms with Gasteiger partial charge in [0.1, 0.15) is 12.1 Å². The predicted molar refractivity (Wildman–Crippen MR) is 77.7 cm³/mol. The minimum absolute atomic E-state index is 0.102. The van der Waals surface area contributed by atoms with Crippen molar-refractivity contribution >= 4 is 18.0 Å². The molecule has 0 spiro atoms. The van der Waals surface area contributed by atoms with Gasteiger partial charge in [-0.05, 0) is 18.4 Å². The topological polar surface area (TPSA) is 81.7 Å². The van der Waals surface area contributed by atoms with Gasteiger partial charge in [0, 0.05) is 6.42 Å². The molecule has 0 unspecified atom stereocenters. The van der Waals surface area contributed by atoms with Crippen LogP contribution in [0.3, 0.4) is 0 Å². The third-order valence-electron chi connectivity index (χ3n) is 3.58. The maximum Gasteiger partial charge on any atom is 0.408 e. The summed E-state index contributed by atoms with van der Waals surface area (Å²) in [5, 5.41) is 2.59. The molecule has 1 heterocycles. The van der Waals surface area contributed by atoms with Crippen LogP contribution in [0, 0.1) is 0 Å². The van der Waals surface area contributed by atoms with E-state index in [0.717, 1.165) is 5.56 Å². The number of esters is 2. The van der Waals surface area contributed by atoms with E-state index in [2.05, 4.69) is 10.1 Å². The number of rotatable bonds is 5. The van der Waals surface area contributed by atoms with E-state index in [0.29, 0.717) is 12.8 Å². The molecule has 1 atom stereocenters. The molecule has 0 saturated carbocycles. The van der Waals surface area contributed by atoms with Crippen molar-refractivity contribution in [3.05, 3.63) is 35.9 Å². The summed E-state index contributed by atoms with van der Waals surface area (Å²) in [5.41, 5.74) is -0.320. The van der Waals surface area contributed by atoms with Crippen LogP contribution in [-0.4, -0.2) is 23.6 Å². The number of alkyl carbamates (subject to hydrolysis) is 1. The zero-order valence-electron chi connectivity index (χ0n) is 12.5. The molecule has 1 amide bonds. The number of nitrogens with one attached hydrogen (secondary N) is 1. The van der Waals surface area contributed by atoms with Crippen LogP contribution in [0.2, 0.25) is 0 Å². The number of benzene rings is 1. The highest BCUT2D eigenvalue weighted by Crippen LogP contribution is 2.26. The molecular formula is C16H19NO5. The molecule has 0 aliphatic carbocycles. The average Bonchev–Trinajstić information content (AvgIpc) is 2.51. The standard InChI is InChI=1S/C16H19NO5/c1-2-9-16(10-8-13(18)22-14(16)19)17-15(20)21-11-12-6-4-3-5-7-12/h3-7H,2,8-11H2,1H3,(H,17,20)/t16-/m0/s1. The van der Waals surface area contributed by atoms with Crippen LogP contribution in [0.15, 0.2) is 30.3 Å². The van der Waals surface area contributed by atoms with Crippen LogP contribution >= 0.6 is 0 Å². The summed E-state index contributed by atoms with van der Waals surface area (Å²) in [7, 11) is 0. The lowest BCUT2D eigenvalue weighted by Gasteiger charge is -2.34. The van der Waals surface area contributed by atoms with Gasteiger partial charge in [0.25, 0.3) is 0 Å². The molecule has 1 fully saturated rings. The molecule has 1 saturated heterocycles. The van der Waals surface area contributed by atoms with Crippen molar-refractivity contribution in [2.45, 2.75) is 44.8 Å². The Labute approximate surface area is 128 Å². The lowest BCUT2D eigenvalue weighted by Crippen LogP contribution is -2.58. The molecule has 0 aromatic heterocycles. The summed E-state index contributed by atoms with van der Waals surface area (Å²) in [5.74, 6) is -1.27. The largest absolute Gasteiger partial charge is 0.445 e. The molecule has 1 aromatic carbocycles. The molecule has 1 aromatic rings. The van der Waals surface area contributed by atoms with Gasteiger partial charge in [-0.3, -0.25) is 4.79 Å². The number of amides is 1. The summed E-state index contributed by atoms with van der Waals surface area (Å²) in [6, 6.07) is 9.23. The maximum absolute atomic E-state index is 12.0. The lowest BCUT2D eigenvalue weighted by molar-refractivity contribution is -0.170. The molecule has 1 aliphatic heterocycles. The number of carbonyl (C=O) groups is 3. The quantitative estimate of drug-likeness (QED) is 0.667. The van der Waals surface area contributed by atoms with Crippen molar-refractivity contribution in [1.82, 2.24) is 5.32 Å². The van der Waals surface area contributed by atoms with Crippen LogP contribution in [0.25, 0.3) is 0 Å². The first kappa shape index (κ1) is 16.0. The summed E-state index contributed by atoms with van der Waals surface area (Å²) >= 11 is 0. The maximum atomic E-state index is 12.0. The fraction of sp³-hybridized carbons (Fsp3) is 0.438. The molecule has 1 aliphatic rings. The smallest absolute Gasteiger partial charge is 0.408 e. The minimum Gasteiger partial charge on any atom is -0.445 e. The Balaban J connectivity index is 1.97. The molecule has 2 rings (SSSR count). The Morgan fingerprint density at radius 1 is 1.32 bits per heavy atom. The van der Waals surface area contributed by atoms with Crippen LogP contribution in [-0.2, 0) is 25.7 Å². The predicted octanol–water partition coefficient (Wildman–Crippen LogP) is 2.32. The first-order valence-corrected chi connectivity index (χ1v) is 7.30. The molecule has 118 valence electrons. The van der Waals surface area contributed by atoms with Crippen molar-refractivity contribution in [2.75, 3.05) is 0 Å². The zero-order chi connectivity index (χ0) is 16.0. The fourth-order valence-corrected chi connectivity index (χ4v) is 2.45. The SMILES string of the molecule is CCC[C@]1(NC(=O)OCc2ccccc2)CCC(=O)OC1=O. The number of cyclic esters (lactones) is 2. The van der Waals surface area contributed by atoms with Gasteiger partial charge >= 0.3 is 18.0 Å². The molecule has 6 nitrogen and oxygen atoms in total. The van der Waals surface area contributed by atoms with Gasteiger partial charge < -0.3 is 14.8 Å². The highest BCUT2D eigenvalue weighted by atomic mass is 16.6. The van der Waals surface area contributed by atoms with Gasteiger partial charge in [-0.1, -0.05) is 43.7 Å². The zero-order valence-corrected chi connectivity index (χ0v) is 12.5. The molecular weight excluding hydrogens is 286 g/mol. The molecule has 0 radical (unpaired) electrons. The average molecular weight is 305 g/mol. The third kappa shape index (κ3) is 3.84. The van der Waals surface area contributed by atoms with Gasteiger partial charge in [-0.15, -0.1) is 0 Å². The number of hydrogen-bond donors (Lipinski definition) is 1. The Bertz CT molecular complexity index is 557. The number of carbonyl (C=O) groups excluding carboxylic acids is 3. The van der Waals surface area contributed by atoms with Gasteiger partial charge in [0.05, 0.1) is 0 Å². The van der Waals surface area contributed by atoms with Crippen LogP contribution < -0.4 is 5.32 Å². The Hall–Kier alpha value is -2.37. The van der Waals surface area contributed by atoms with E-state index in [1.165, 1.54) is 0 Å². The fourth-order valence-electron chi connectivity index (χ4n) is 2.45. The van der Waals surface area contributed by atoms with Crippen LogP contribution in [0.5, 0.6) is 0 Å². The molecule has 6 heteroatoms. The van der Waals surface area contributed by atoms with E-state index in [9.17, 15) is 14.4 Å². The van der Waals surface area contributed by atoms with Gasteiger partial charge in [-0.25, -0.2) is 9.59 Å². The minimum atomic E-state index is -1.17. The van der Waals surface area contributed by atoms with Gasteiger partial charge in [0.2, 0.25) is 0 Å². The third-order valence-corrected chi connectivity index (χ3v) is 3.58. The lowest BCUT2D eigenvalue weighted by atomic mass is 9.87. The Morgan fingerprint density at radius 2 is 2.05 bits per heavy atom. The molecule has 22 heavy (non-hydrogen) atoms. The normalized spacial score (nSPS) is 21.1. The molecule has 0 bridgehead atoms. The molecule has 1 N–H and O–H groups in total. The van der Waals surface area contributed by atoms with E-state index in [4.69, 9.17) is 4.74 Å². The summed E-state index contributed by atoms with van der Waals surface area (Å²) in [6.45, 7) is 2.01. The number of hydrogen-bond acceptors (Lipinski definition) is 5. The van der Waals surface area contributed by atoms with Crippen LogP contribution in [0.4, 0.5) is 4.79 Å². The summed E-state index contributed by atoms with van der Waals surface area (Å²) in [6.07, 6.45) is 0.717. The first-order chi connectivity index (χ1) is 10.6. The number of ether oxygens (including phenoxy) is 2. The van der Waals surface area contributed by atoms with E-state index >= 15 is 0 Å². The second-order valence-electron chi connectivity index (χ2n) is 5.28. The van der Waals surface area contributed by atoms with Crippen molar-refractivity contribution in [1.29, 1.82) is 0 Å². The van der Waals surface area contributed by atoms with Crippen LogP contribution in [0.1, 0.15) is 38.2 Å². The van der Waals surface area contributed by atoms with Crippen molar-refractivity contribution in [3.8, 4) is 0 Å². The van der Waals surface area contributed by atoms with E-state index < -0.39 is 23.6 Å². The monoisotopic (exact) mass is 305 g/mol. The second kappa shape index (κ2) is 7.06. The summed E-state index contributed by atoms with van der Waals surface area (Å²) in [4.78, 5) is 35.2. The summed E-state index contributed by atoms with van der Waals surface area (Å²) < 4.78 is 9.80. The van der Waals surface area contributed by atoms with E-state index in [1.807, 2.05) is 37.3 Å². The Morgan fingerprint density at radius 3 is 2.68 bits per heavy atom.